The van der Waals surface area contributed by atoms with Crippen molar-refractivity contribution in [1.29, 1.82) is 0 Å². The standard InChI is InChI=1S/C11H11N5S3/c1-6-15-7(5-18-6)9-10(12)16-19-11(9)14-4-8-13-2-3-17-8/h2-3,5,14H,4H2,1H3,(H2,12,16). The molecule has 8 heteroatoms. The van der Waals surface area contributed by atoms with Crippen LogP contribution in [0.5, 0.6) is 0 Å². The first-order valence-corrected chi connectivity index (χ1v) is 8.07. The summed E-state index contributed by atoms with van der Waals surface area (Å²) in [7, 11) is 0. The molecule has 3 N–H and O–H groups in total. The van der Waals surface area contributed by atoms with Gasteiger partial charge in [-0.2, -0.15) is 4.37 Å². The van der Waals surface area contributed by atoms with Crippen molar-refractivity contribution in [2.24, 2.45) is 0 Å². The molecular weight excluding hydrogens is 298 g/mol. The summed E-state index contributed by atoms with van der Waals surface area (Å²) in [5, 5.41) is 10.3. The highest BCUT2D eigenvalue weighted by Gasteiger charge is 2.16. The van der Waals surface area contributed by atoms with Gasteiger partial charge >= 0.3 is 0 Å². The molecule has 0 bridgehead atoms. The monoisotopic (exact) mass is 309 g/mol. The minimum absolute atomic E-state index is 0.525. The Kier molecular flexibility index (Phi) is 3.45. The van der Waals surface area contributed by atoms with E-state index in [0.717, 1.165) is 26.3 Å². The molecule has 98 valence electrons. The summed E-state index contributed by atoms with van der Waals surface area (Å²) >= 11 is 4.59. The highest BCUT2D eigenvalue weighted by atomic mass is 32.1. The fourth-order valence-corrected chi connectivity index (χ4v) is 3.52. The highest BCUT2D eigenvalue weighted by molar-refractivity contribution is 7.12. The number of aromatic nitrogens is 3. The van der Waals surface area contributed by atoms with Gasteiger partial charge in [0.2, 0.25) is 0 Å². The molecule has 19 heavy (non-hydrogen) atoms. The highest BCUT2D eigenvalue weighted by Crippen LogP contribution is 2.37. The molecule has 3 aromatic heterocycles. The lowest BCUT2D eigenvalue weighted by atomic mass is 10.2. The van der Waals surface area contributed by atoms with Crippen molar-refractivity contribution in [1.82, 2.24) is 14.3 Å². The smallest absolute Gasteiger partial charge is 0.148 e. The van der Waals surface area contributed by atoms with E-state index in [9.17, 15) is 0 Å². The maximum atomic E-state index is 5.94. The number of nitrogen functional groups attached to an aromatic ring is 1. The minimum atomic E-state index is 0.525. The van der Waals surface area contributed by atoms with Crippen LogP contribution in [-0.2, 0) is 6.54 Å². The molecule has 0 aliphatic heterocycles. The Balaban J connectivity index is 1.86. The molecule has 0 saturated carbocycles. The average Bonchev–Trinajstić information content (AvgIpc) is 3.08. The van der Waals surface area contributed by atoms with Crippen LogP contribution >= 0.6 is 34.2 Å². The molecule has 0 radical (unpaired) electrons. The predicted molar refractivity (Wildman–Crippen MR) is 81.8 cm³/mol. The topological polar surface area (TPSA) is 76.7 Å². The van der Waals surface area contributed by atoms with E-state index in [1.165, 1.54) is 11.5 Å². The van der Waals surface area contributed by atoms with Crippen LogP contribution in [0.3, 0.4) is 0 Å². The van der Waals surface area contributed by atoms with E-state index in [2.05, 4.69) is 19.7 Å². The largest absolute Gasteiger partial charge is 0.382 e. The molecule has 3 aromatic rings. The quantitative estimate of drug-likeness (QED) is 0.774. The third-order valence-electron chi connectivity index (χ3n) is 2.48. The summed E-state index contributed by atoms with van der Waals surface area (Å²) in [5.41, 5.74) is 7.72. The van der Waals surface area contributed by atoms with Crippen molar-refractivity contribution in [3.05, 3.63) is 27.0 Å². The molecule has 5 nitrogen and oxygen atoms in total. The van der Waals surface area contributed by atoms with E-state index in [4.69, 9.17) is 5.73 Å². The summed E-state index contributed by atoms with van der Waals surface area (Å²) in [6.07, 6.45) is 1.80. The van der Waals surface area contributed by atoms with Crippen molar-refractivity contribution in [2.75, 3.05) is 11.1 Å². The second-order valence-corrected chi connectivity index (χ2v) is 6.62. The number of aryl methyl sites for hydroxylation is 1. The van der Waals surface area contributed by atoms with Crippen LogP contribution in [0.25, 0.3) is 11.3 Å². The van der Waals surface area contributed by atoms with Crippen LogP contribution in [0.4, 0.5) is 10.8 Å². The van der Waals surface area contributed by atoms with Gasteiger partial charge in [-0.15, -0.1) is 22.7 Å². The third-order valence-corrected chi connectivity index (χ3v) is 4.85. The molecule has 0 saturated heterocycles. The lowest BCUT2D eigenvalue weighted by Gasteiger charge is -2.03. The number of hydrogen-bond acceptors (Lipinski definition) is 8. The molecule has 0 aromatic carbocycles. The van der Waals surface area contributed by atoms with Crippen molar-refractivity contribution in [3.8, 4) is 11.3 Å². The number of anilines is 2. The zero-order valence-electron chi connectivity index (χ0n) is 10.1. The first kappa shape index (κ1) is 12.5. The van der Waals surface area contributed by atoms with Gasteiger partial charge in [0.25, 0.3) is 0 Å². The first-order valence-electron chi connectivity index (χ1n) is 5.54. The fraction of sp³-hybridized carbons (Fsp3) is 0.182. The normalized spacial score (nSPS) is 10.8. The number of thiazole rings is 2. The van der Waals surface area contributed by atoms with Crippen molar-refractivity contribution >= 4 is 45.0 Å². The number of nitrogens with one attached hydrogen (secondary N) is 1. The van der Waals surface area contributed by atoms with Gasteiger partial charge in [-0.05, 0) is 18.5 Å². The molecule has 0 unspecified atom stereocenters. The first-order chi connectivity index (χ1) is 9.24. The van der Waals surface area contributed by atoms with Crippen molar-refractivity contribution < 1.29 is 0 Å². The zero-order valence-corrected chi connectivity index (χ0v) is 12.5. The molecule has 0 aliphatic carbocycles. The summed E-state index contributed by atoms with van der Waals surface area (Å²) < 4.78 is 4.21. The zero-order chi connectivity index (χ0) is 13.2. The van der Waals surface area contributed by atoms with Crippen LogP contribution in [0, 0.1) is 6.92 Å². The summed E-state index contributed by atoms with van der Waals surface area (Å²) in [4.78, 5) is 8.71. The Hall–Kier alpha value is -1.51. The average molecular weight is 309 g/mol. The summed E-state index contributed by atoms with van der Waals surface area (Å²) in [6.45, 7) is 2.66. The van der Waals surface area contributed by atoms with Crippen LogP contribution < -0.4 is 11.1 Å². The molecular formula is C11H11N5S3. The Bertz CT molecular complexity index is 670. The number of hydrogen-bond donors (Lipinski definition) is 2. The van der Waals surface area contributed by atoms with E-state index < -0.39 is 0 Å². The van der Waals surface area contributed by atoms with Crippen LogP contribution in [0.15, 0.2) is 17.0 Å². The van der Waals surface area contributed by atoms with Crippen LogP contribution in [0.1, 0.15) is 10.0 Å². The lowest BCUT2D eigenvalue weighted by molar-refractivity contribution is 1.11. The Morgan fingerprint density at radius 2 is 2.26 bits per heavy atom. The van der Waals surface area contributed by atoms with Crippen LogP contribution in [0.2, 0.25) is 0 Å². The summed E-state index contributed by atoms with van der Waals surface area (Å²) in [5.74, 6) is 0.525. The van der Waals surface area contributed by atoms with Gasteiger partial charge in [0.05, 0.1) is 22.8 Å². The third kappa shape index (κ3) is 2.60. The summed E-state index contributed by atoms with van der Waals surface area (Å²) in [6, 6.07) is 0. The molecule has 0 aliphatic rings. The molecule has 0 fully saturated rings. The molecule has 0 amide bonds. The van der Waals surface area contributed by atoms with Gasteiger partial charge in [0, 0.05) is 17.0 Å². The van der Waals surface area contributed by atoms with Gasteiger partial charge in [-0.1, -0.05) is 0 Å². The van der Waals surface area contributed by atoms with Gasteiger partial charge in [0.15, 0.2) is 0 Å². The molecule has 3 heterocycles. The van der Waals surface area contributed by atoms with E-state index in [-0.39, 0.29) is 0 Å². The predicted octanol–water partition coefficient (Wildman–Crippen LogP) is 3.23. The molecule has 0 atom stereocenters. The van der Waals surface area contributed by atoms with Gasteiger partial charge < -0.3 is 11.1 Å². The van der Waals surface area contributed by atoms with Gasteiger partial charge in [-0.25, -0.2) is 9.97 Å². The number of nitrogens with two attached hydrogens (primary N) is 1. The van der Waals surface area contributed by atoms with Crippen molar-refractivity contribution in [3.63, 3.8) is 0 Å². The lowest BCUT2D eigenvalue weighted by Crippen LogP contribution is -1.99. The second-order valence-electron chi connectivity index (χ2n) is 3.80. The SMILES string of the molecule is Cc1nc(-c2c(N)nsc2NCc2nccs2)cs1. The Labute approximate surface area is 122 Å². The van der Waals surface area contributed by atoms with E-state index in [1.807, 2.05) is 17.7 Å². The Morgan fingerprint density at radius 1 is 1.37 bits per heavy atom. The van der Waals surface area contributed by atoms with Gasteiger partial charge in [0.1, 0.15) is 15.8 Å². The number of nitrogens with zero attached hydrogens (tertiary/aromatic N) is 3. The van der Waals surface area contributed by atoms with E-state index in [1.54, 1.807) is 28.9 Å². The molecule has 3 rings (SSSR count). The Morgan fingerprint density at radius 3 is 2.95 bits per heavy atom. The van der Waals surface area contributed by atoms with E-state index >= 15 is 0 Å². The maximum Gasteiger partial charge on any atom is 0.148 e. The number of rotatable bonds is 4. The van der Waals surface area contributed by atoms with Gasteiger partial charge in [-0.3, -0.25) is 0 Å². The second kappa shape index (κ2) is 5.24. The minimum Gasteiger partial charge on any atom is -0.382 e. The fourth-order valence-electron chi connectivity index (χ4n) is 1.65. The van der Waals surface area contributed by atoms with Crippen molar-refractivity contribution in [2.45, 2.75) is 13.5 Å². The maximum absolute atomic E-state index is 5.94. The van der Waals surface area contributed by atoms with Crippen LogP contribution in [-0.4, -0.2) is 14.3 Å². The molecule has 0 spiro atoms. The van der Waals surface area contributed by atoms with E-state index in [0.29, 0.717) is 12.4 Å².